The van der Waals surface area contributed by atoms with Crippen molar-refractivity contribution in [3.8, 4) is 0 Å². The van der Waals surface area contributed by atoms with Crippen LogP contribution in [0.4, 0.5) is 0 Å². The van der Waals surface area contributed by atoms with E-state index >= 15 is 0 Å². The highest BCUT2D eigenvalue weighted by Crippen LogP contribution is 2.33. The van der Waals surface area contributed by atoms with Crippen molar-refractivity contribution in [2.75, 3.05) is 7.11 Å². The minimum Gasteiger partial charge on any atom is -0.378 e. The zero-order valence-corrected chi connectivity index (χ0v) is 8.22. The highest BCUT2D eigenvalue weighted by Gasteiger charge is 2.27. The molecular formula is C10H18O2. The molecule has 0 aromatic carbocycles. The molecule has 0 heterocycles. The second kappa shape index (κ2) is 3.56. The summed E-state index contributed by atoms with van der Waals surface area (Å²) in [6, 6.07) is 0. The maximum Gasteiger partial charge on any atom is 0.136 e. The SMILES string of the molecule is COC(C)(C)CC(=O)CC1CC1. The van der Waals surface area contributed by atoms with Crippen LogP contribution in [0.15, 0.2) is 0 Å². The van der Waals surface area contributed by atoms with Crippen LogP contribution in [0.2, 0.25) is 0 Å². The van der Waals surface area contributed by atoms with E-state index in [4.69, 9.17) is 4.74 Å². The summed E-state index contributed by atoms with van der Waals surface area (Å²) in [5, 5.41) is 0. The van der Waals surface area contributed by atoms with Crippen molar-refractivity contribution in [2.24, 2.45) is 5.92 Å². The maximum atomic E-state index is 11.4. The average Bonchev–Trinajstić information content (AvgIpc) is 2.70. The van der Waals surface area contributed by atoms with Crippen LogP contribution in [-0.4, -0.2) is 18.5 Å². The van der Waals surface area contributed by atoms with Gasteiger partial charge in [-0.05, 0) is 32.6 Å². The summed E-state index contributed by atoms with van der Waals surface area (Å²) in [4.78, 5) is 11.4. The molecule has 0 radical (unpaired) electrons. The van der Waals surface area contributed by atoms with Crippen LogP contribution >= 0.6 is 0 Å². The first kappa shape index (κ1) is 9.72. The Labute approximate surface area is 74.3 Å². The Bertz CT molecular complexity index is 169. The van der Waals surface area contributed by atoms with Gasteiger partial charge in [-0.1, -0.05) is 0 Å². The number of carbonyl (C=O) groups excluding carboxylic acids is 1. The fourth-order valence-electron chi connectivity index (χ4n) is 1.26. The van der Waals surface area contributed by atoms with Gasteiger partial charge in [0.25, 0.3) is 0 Å². The van der Waals surface area contributed by atoms with Gasteiger partial charge in [0, 0.05) is 20.0 Å². The Balaban J connectivity index is 2.23. The average molecular weight is 170 g/mol. The third-order valence-corrected chi connectivity index (χ3v) is 2.39. The number of ketones is 1. The van der Waals surface area contributed by atoms with Gasteiger partial charge in [-0.2, -0.15) is 0 Å². The number of carbonyl (C=O) groups is 1. The van der Waals surface area contributed by atoms with Gasteiger partial charge in [0.2, 0.25) is 0 Å². The van der Waals surface area contributed by atoms with Crippen molar-refractivity contribution in [1.29, 1.82) is 0 Å². The van der Waals surface area contributed by atoms with Crippen LogP contribution in [0, 0.1) is 5.92 Å². The molecule has 0 aliphatic heterocycles. The molecule has 0 N–H and O–H groups in total. The number of ether oxygens (including phenoxy) is 1. The third kappa shape index (κ3) is 3.35. The lowest BCUT2D eigenvalue weighted by molar-refractivity contribution is -0.124. The summed E-state index contributed by atoms with van der Waals surface area (Å²) in [7, 11) is 1.66. The fraction of sp³-hybridized carbons (Fsp3) is 0.900. The van der Waals surface area contributed by atoms with Crippen LogP contribution in [0.25, 0.3) is 0 Å². The Kier molecular flexibility index (Phi) is 2.89. The second-order valence-electron chi connectivity index (χ2n) is 4.33. The topological polar surface area (TPSA) is 26.3 Å². The van der Waals surface area contributed by atoms with Crippen LogP contribution in [-0.2, 0) is 9.53 Å². The summed E-state index contributed by atoms with van der Waals surface area (Å²) in [6.07, 6.45) is 3.82. The zero-order chi connectivity index (χ0) is 9.19. The van der Waals surface area contributed by atoms with Crippen molar-refractivity contribution in [3.63, 3.8) is 0 Å². The van der Waals surface area contributed by atoms with Crippen LogP contribution < -0.4 is 0 Å². The van der Waals surface area contributed by atoms with E-state index in [2.05, 4.69) is 0 Å². The number of Topliss-reactive ketones (excluding diaryl/α,β-unsaturated/α-hetero) is 1. The maximum absolute atomic E-state index is 11.4. The van der Waals surface area contributed by atoms with E-state index in [1.54, 1.807) is 7.11 Å². The molecule has 1 aliphatic rings. The third-order valence-electron chi connectivity index (χ3n) is 2.39. The van der Waals surface area contributed by atoms with Gasteiger partial charge in [0.15, 0.2) is 0 Å². The quantitative estimate of drug-likeness (QED) is 0.632. The Morgan fingerprint density at radius 1 is 1.50 bits per heavy atom. The molecular weight excluding hydrogens is 152 g/mol. The first-order chi connectivity index (χ1) is 5.53. The molecule has 1 aliphatic carbocycles. The lowest BCUT2D eigenvalue weighted by atomic mass is 9.99. The molecule has 12 heavy (non-hydrogen) atoms. The summed E-state index contributed by atoms with van der Waals surface area (Å²) in [6.45, 7) is 3.91. The molecule has 1 saturated carbocycles. The van der Waals surface area contributed by atoms with Crippen molar-refractivity contribution in [3.05, 3.63) is 0 Å². The molecule has 0 atom stereocenters. The molecule has 0 amide bonds. The van der Waals surface area contributed by atoms with E-state index in [1.165, 1.54) is 12.8 Å². The number of hydrogen-bond donors (Lipinski definition) is 0. The highest BCUT2D eigenvalue weighted by molar-refractivity contribution is 5.79. The summed E-state index contributed by atoms with van der Waals surface area (Å²) in [5.41, 5.74) is -0.272. The fourth-order valence-corrected chi connectivity index (χ4v) is 1.26. The van der Waals surface area contributed by atoms with Crippen molar-refractivity contribution >= 4 is 5.78 Å². The van der Waals surface area contributed by atoms with E-state index in [1.807, 2.05) is 13.8 Å². The van der Waals surface area contributed by atoms with E-state index in [-0.39, 0.29) is 5.60 Å². The Morgan fingerprint density at radius 2 is 2.08 bits per heavy atom. The Hall–Kier alpha value is -0.370. The predicted octanol–water partition coefficient (Wildman–Crippen LogP) is 2.17. The molecule has 0 aromatic heterocycles. The lowest BCUT2D eigenvalue weighted by Crippen LogP contribution is -2.26. The van der Waals surface area contributed by atoms with Crippen LogP contribution in [0.1, 0.15) is 39.5 Å². The summed E-state index contributed by atoms with van der Waals surface area (Å²) >= 11 is 0. The number of rotatable bonds is 5. The molecule has 0 spiro atoms. The van der Waals surface area contributed by atoms with Crippen LogP contribution in [0.5, 0.6) is 0 Å². The summed E-state index contributed by atoms with van der Waals surface area (Å²) < 4.78 is 5.19. The first-order valence-corrected chi connectivity index (χ1v) is 4.60. The normalized spacial score (nSPS) is 17.9. The molecule has 70 valence electrons. The number of methoxy groups -OCH3 is 1. The second-order valence-corrected chi connectivity index (χ2v) is 4.33. The van der Waals surface area contributed by atoms with E-state index < -0.39 is 0 Å². The van der Waals surface area contributed by atoms with Crippen molar-refractivity contribution in [1.82, 2.24) is 0 Å². The standard InChI is InChI=1S/C10H18O2/c1-10(2,12-3)7-9(11)6-8-4-5-8/h8H,4-7H2,1-3H3. The van der Waals surface area contributed by atoms with Crippen LogP contribution in [0.3, 0.4) is 0 Å². The van der Waals surface area contributed by atoms with Crippen molar-refractivity contribution in [2.45, 2.75) is 45.1 Å². The molecule has 0 bridgehead atoms. The van der Waals surface area contributed by atoms with E-state index in [9.17, 15) is 4.79 Å². The molecule has 1 fully saturated rings. The van der Waals surface area contributed by atoms with E-state index in [0.717, 1.165) is 6.42 Å². The lowest BCUT2D eigenvalue weighted by Gasteiger charge is -2.21. The predicted molar refractivity (Wildman–Crippen MR) is 48.1 cm³/mol. The monoisotopic (exact) mass is 170 g/mol. The molecule has 0 aromatic rings. The smallest absolute Gasteiger partial charge is 0.136 e. The minimum absolute atomic E-state index is 0.272. The van der Waals surface area contributed by atoms with E-state index in [0.29, 0.717) is 18.1 Å². The highest BCUT2D eigenvalue weighted by atomic mass is 16.5. The first-order valence-electron chi connectivity index (χ1n) is 4.60. The van der Waals surface area contributed by atoms with Gasteiger partial charge in [-0.15, -0.1) is 0 Å². The van der Waals surface area contributed by atoms with Gasteiger partial charge in [0.05, 0.1) is 5.60 Å². The van der Waals surface area contributed by atoms with Gasteiger partial charge in [0.1, 0.15) is 5.78 Å². The number of hydrogen-bond acceptors (Lipinski definition) is 2. The van der Waals surface area contributed by atoms with Crippen molar-refractivity contribution < 1.29 is 9.53 Å². The largest absolute Gasteiger partial charge is 0.378 e. The van der Waals surface area contributed by atoms with Gasteiger partial charge < -0.3 is 4.74 Å². The van der Waals surface area contributed by atoms with Gasteiger partial charge in [-0.25, -0.2) is 0 Å². The zero-order valence-electron chi connectivity index (χ0n) is 8.22. The van der Waals surface area contributed by atoms with Gasteiger partial charge >= 0.3 is 0 Å². The molecule has 1 rings (SSSR count). The molecule has 2 nitrogen and oxygen atoms in total. The molecule has 2 heteroatoms. The minimum atomic E-state index is -0.272. The van der Waals surface area contributed by atoms with Gasteiger partial charge in [-0.3, -0.25) is 4.79 Å². The molecule has 0 unspecified atom stereocenters. The Morgan fingerprint density at radius 3 is 2.50 bits per heavy atom. The summed E-state index contributed by atoms with van der Waals surface area (Å²) in [5.74, 6) is 1.05. The molecule has 0 saturated heterocycles.